The van der Waals surface area contributed by atoms with Gasteiger partial charge in [-0.1, -0.05) is 15.9 Å². The summed E-state index contributed by atoms with van der Waals surface area (Å²) in [6.07, 6.45) is 1.79. The fraction of sp³-hybridized carbons (Fsp3) is 0.250. The molecule has 2 aromatic heterocycles. The van der Waals surface area contributed by atoms with Crippen molar-refractivity contribution in [2.45, 2.75) is 20.4 Å². The van der Waals surface area contributed by atoms with Gasteiger partial charge in [-0.15, -0.1) is 0 Å². The van der Waals surface area contributed by atoms with Gasteiger partial charge in [-0.05, 0) is 40.9 Å². The van der Waals surface area contributed by atoms with Gasteiger partial charge in [-0.3, -0.25) is 9.99 Å². The summed E-state index contributed by atoms with van der Waals surface area (Å²) in [5.74, 6) is 6.50. The number of hydrogen-bond acceptors (Lipinski definition) is 7. The van der Waals surface area contributed by atoms with Crippen molar-refractivity contribution in [3.8, 4) is 0 Å². The van der Waals surface area contributed by atoms with Crippen molar-refractivity contribution in [2.75, 3.05) is 16.5 Å². The van der Waals surface area contributed by atoms with Crippen LogP contribution in [0.3, 0.4) is 0 Å². The number of nitrogens with two attached hydrogens (primary N) is 3. The Morgan fingerprint density at radius 1 is 1.19 bits per heavy atom. The zero-order valence-corrected chi connectivity index (χ0v) is 14.7. The third-order valence-corrected chi connectivity index (χ3v) is 4.84. The molecule has 0 fully saturated rings. The molecule has 2 heterocycles. The second-order valence-electron chi connectivity index (χ2n) is 4.56. The molecule has 0 unspecified atom stereocenters. The third kappa shape index (κ3) is 3.25. The van der Waals surface area contributed by atoms with E-state index in [0.29, 0.717) is 22.7 Å². The number of aryl methyl sites for hydroxylation is 1. The van der Waals surface area contributed by atoms with Crippen LogP contribution in [0, 0.1) is 13.8 Å². The fourth-order valence-electron chi connectivity index (χ4n) is 1.81. The number of aromatic nitrogens is 3. The molecule has 6 N–H and O–H groups in total. The van der Waals surface area contributed by atoms with Crippen LogP contribution in [0.25, 0.3) is 0 Å². The van der Waals surface area contributed by atoms with Crippen molar-refractivity contribution in [1.29, 1.82) is 0 Å². The maximum Gasteiger partial charge on any atom is 0.223 e. The summed E-state index contributed by atoms with van der Waals surface area (Å²) in [5, 5.41) is 1.40. The molecule has 2 aromatic rings. The molecule has 0 saturated heterocycles. The fourth-order valence-corrected chi connectivity index (χ4v) is 2.50. The van der Waals surface area contributed by atoms with E-state index in [1.807, 2.05) is 13.8 Å². The van der Waals surface area contributed by atoms with Crippen LogP contribution in [-0.4, -0.2) is 15.0 Å². The van der Waals surface area contributed by atoms with Crippen LogP contribution in [0.15, 0.2) is 15.3 Å². The van der Waals surface area contributed by atoms with Crippen molar-refractivity contribution in [2.24, 2.45) is 5.84 Å². The highest BCUT2D eigenvalue weighted by Gasteiger charge is 2.16. The van der Waals surface area contributed by atoms with Crippen LogP contribution in [0.2, 0.25) is 0 Å². The van der Waals surface area contributed by atoms with Crippen LogP contribution >= 0.6 is 31.9 Å². The number of halogens is 2. The SMILES string of the molecule is Cc1cnc(CN(N)c2nc(N)nc(Br)c2N)c(C)c1Br. The van der Waals surface area contributed by atoms with Gasteiger partial charge < -0.3 is 11.5 Å². The molecule has 0 aromatic carbocycles. The van der Waals surface area contributed by atoms with Gasteiger partial charge >= 0.3 is 0 Å². The number of hydrazine groups is 1. The number of anilines is 3. The Morgan fingerprint density at radius 3 is 2.52 bits per heavy atom. The standard InChI is InChI=1S/C12H15Br2N7/c1-5-3-18-7(6(2)8(5)13)4-21(17)11-9(15)10(14)19-12(16)20-11/h3H,4,15,17H2,1-2H3,(H2,16,19,20). The largest absolute Gasteiger partial charge is 0.393 e. The molecule has 0 saturated carbocycles. The number of nitrogens with zero attached hydrogens (tertiary/aromatic N) is 4. The molecule has 0 atom stereocenters. The lowest BCUT2D eigenvalue weighted by atomic mass is 10.1. The molecule has 7 nitrogen and oxygen atoms in total. The van der Waals surface area contributed by atoms with E-state index in [0.717, 1.165) is 21.3 Å². The van der Waals surface area contributed by atoms with Crippen LogP contribution < -0.4 is 22.3 Å². The van der Waals surface area contributed by atoms with Crippen LogP contribution in [0.4, 0.5) is 17.5 Å². The van der Waals surface area contributed by atoms with Gasteiger partial charge in [0.25, 0.3) is 0 Å². The van der Waals surface area contributed by atoms with Crippen LogP contribution in [0.5, 0.6) is 0 Å². The zero-order valence-electron chi connectivity index (χ0n) is 11.6. The normalized spacial score (nSPS) is 10.7. The Kier molecular flexibility index (Phi) is 4.64. The van der Waals surface area contributed by atoms with E-state index < -0.39 is 0 Å². The second kappa shape index (κ2) is 6.12. The highest BCUT2D eigenvalue weighted by Crippen LogP contribution is 2.28. The van der Waals surface area contributed by atoms with Crippen molar-refractivity contribution >= 4 is 49.3 Å². The maximum atomic E-state index is 6.05. The van der Waals surface area contributed by atoms with Crippen LogP contribution in [0.1, 0.15) is 16.8 Å². The van der Waals surface area contributed by atoms with E-state index in [9.17, 15) is 0 Å². The van der Waals surface area contributed by atoms with Crippen molar-refractivity contribution in [1.82, 2.24) is 15.0 Å². The monoisotopic (exact) mass is 415 g/mol. The lowest BCUT2D eigenvalue weighted by molar-refractivity contribution is 0.799. The second-order valence-corrected chi connectivity index (χ2v) is 6.11. The molecule has 0 aliphatic heterocycles. The van der Waals surface area contributed by atoms with E-state index in [-0.39, 0.29) is 5.95 Å². The third-order valence-electron chi connectivity index (χ3n) is 3.01. The Bertz CT molecular complexity index is 690. The first kappa shape index (κ1) is 15.9. The first-order chi connectivity index (χ1) is 9.81. The smallest absolute Gasteiger partial charge is 0.223 e. The molecule has 0 radical (unpaired) electrons. The van der Waals surface area contributed by atoms with E-state index in [4.69, 9.17) is 17.3 Å². The summed E-state index contributed by atoms with van der Waals surface area (Å²) < 4.78 is 1.42. The van der Waals surface area contributed by atoms with E-state index in [2.05, 4.69) is 46.8 Å². The molecule has 21 heavy (non-hydrogen) atoms. The minimum atomic E-state index is 0.0938. The number of nitrogen functional groups attached to an aromatic ring is 2. The van der Waals surface area contributed by atoms with E-state index >= 15 is 0 Å². The first-order valence-electron chi connectivity index (χ1n) is 6.02. The Hall–Kier alpha value is -1.45. The first-order valence-corrected chi connectivity index (χ1v) is 7.61. The summed E-state index contributed by atoms with van der Waals surface area (Å²) >= 11 is 6.76. The van der Waals surface area contributed by atoms with Gasteiger partial charge in [0.1, 0.15) is 10.3 Å². The molecule has 112 valence electrons. The number of pyridine rings is 1. The lowest BCUT2D eigenvalue weighted by Gasteiger charge is -2.20. The van der Waals surface area contributed by atoms with Gasteiger partial charge in [0.2, 0.25) is 5.95 Å². The quantitative estimate of drug-likeness (QED) is 0.397. The Labute approximate surface area is 139 Å². The van der Waals surface area contributed by atoms with Gasteiger partial charge in [-0.25, -0.2) is 10.8 Å². The minimum Gasteiger partial charge on any atom is -0.393 e. The zero-order chi connectivity index (χ0) is 15.7. The summed E-state index contributed by atoms with van der Waals surface area (Å²) in [5.41, 5.74) is 14.8. The van der Waals surface area contributed by atoms with E-state index in [1.54, 1.807) is 6.20 Å². The summed E-state index contributed by atoms with van der Waals surface area (Å²) in [6.45, 7) is 4.30. The predicted octanol–water partition coefficient (Wildman–Crippen LogP) is 2.06. The summed E-state index contributed by atoms with van der Waals surface area (Å²) in [7, 11) is 0. The average molecular weight is 417 g/mol. The minimum absolute atomic E-state index is 0.0938. The molecule has 0 spiro atoms. The van der Waals surface area contributed by atoms with Crippen LogP contribution in [-0.2, 0) is 6.54 Å². The number of hydrogen-bond donors (Lipinski definition) is 3. The van der Waals surface area contributed by atoms with Gasteiger partial charge in [-0.2, -0.15) is 4.98 Å². The Balaban J connectivity index is 2.35. The van der Waals surface area contributed by atoms with Crippen molar-refractivity contribution in [3.05, 3.63) is 32.1 Å². The lowest BCUT2D eigenvalue weighted by Crippen LogP contribution is -2.33. The van der Waals surface area contributed by atoms with Gasteiger partial charge in [0.15, 0.2) is 5.82 Å². The maximum absolute atomic E-state index is 6.05. The van der Waals surface area contributed by atoms with Gasteiger partial charge in [0.05, 0.1) is 12.2 Å². The predicted molar refractivity (Wildman–Crippen MR) is 90.3 cm³/mol. The topological polar surface area (TPSA) is 120 Å². The molecule has 0 amide bonds. The van der Waals surface area contributed by atoms with Gasteiger partial charge in [0, 0.05) is 10.7 Å². The molecule has 0 bridgehead atoms. The summed E-state index contributed by atoms with van der Waals surface area (Å²) in [6, 6.07) is 0. The Morgan fingerprint density at radius 2 is 1.86 bits per heavy atom. The van der Waals surface area contributed by atoms with Crippen molar-refractivity contribution < 1.29 is 0 Å². The highest BCUT2D eigenvalue weighted by molar-refractivity contribution is 9.10. The summed E-state index contributed by atoms with van der Waals surface area (Å²) in [4.78, 5) is 12.4. The highest BCUT2D eigenvalue weighted by atomic mass is 79.9. The molecule has 9 heteroatoms. The molecule has 0 aliphatic rings. The average Bonchev–Trinajstić information content (AvgIpc) is 2.43. The van der Waals surface area contributed by atoms with E-state index in [1.165, 1.54) is 5.01 Å². The number of rotatable bonds is 3. The molecule has 0 aliphatic carbocycles. The molecular formula is C12H15Br2N7. The molecule has 2 rings (SSSR count). The van der Waals surface area contributed by atoms with Crippen molar-refractivity contribution in [3.63, 3.8) is 0 Å². The molecular weight excluding hydrogens is 402 g/mol.